The normalized spacial score (nSPS) is 16.1. The Morgan fingerprint density at radius 2 is 1.62 bits per heavy atom. The second-order valence-electron chi connectivity index (χ2n) is 5.42. The summed E-state index contributed by atoms with van der Waals surface area (Å²) in [4.78, 5) is 4.80. The lowest BCUT2D eigenvalue weighted by Gasteiger charge is -2.36. The van der Waals surface area contributed by atoms with Crippen molar-refractivity contribution in [2.75, 3.05) is 36.8 Å². The molecule has 2 N–H and O–H groups in total. The van der Waals surface area contributed by atoms with Crippen LogP contribution in [-0.2, 0) is 6.54 Å². The van der Waals surface area contributed by atoms with Gasteiger partial charge in [0.25, 0.3) is 0 Å². The smallest absolute Gasteiger partial charge is 0.0741 e. The predicted molar refractivity (Wildman–Crippen MR) is 89.8 cm³/mol. The van der Waals surface area contributed by atoms with Crippen molar-refractivity contribution < 1.29 is 0 Å². The zero-order valence-corrected chi connectivity index (χ0v) is 12.8. The number of nitrogen functional groups attached to an aromatic ring is 1. The lowest BCUT2D eigenvalue weighted by Crippen LogP contribution is -2.46. The quantitative estimate of drug-likeness (QED) is 0.883. The van der Waals surface area contributed by atoms with Crippen LogP contribution in [0.25, 0.3) is 0 Å². The van der Waals surface area contributed by atoms with Gasteiger partial charge < -0.3 is 10.6 Å². The van der Waals surface area contributed by atoms with Crippen molar-refractivity contribution >= 4 is 23.0 Å². The summed E-state index contributed by atoms with van der Waals surface area (Å²) in [5.41, 5.74) is 9.20. The molecule has 0 amide bonds. The molecule has 0 aliphatic carbocycles. The number of para-hydroxylation sites is 1. The van der Waals surface area contributed by atoms with Crippen LogP contribution in [0.15, 0.2) is 48.5 Å². The molecule has 3 rings (SSSR count). The highest BCUT2D eigenvalue weighted by Gasteiger charge is 2.19. The molecule has 0 saturated carbocycles. The summed E-state index contributed by atoms with van der Waals surface area (Å²) in [5, 5.41) is 0.638. The zero-order chi connectivity index (χ0) is 14.7. The first-order valence-corrected chi connectivity index (χ1v) is 7.67. The fraction of sp³-hybridized carbons (Fsp3) is 0.294. The van der Waals surface area contributed by atoms with Crippen LogP contribution >= 0.6 is 11.6 Å². The van der Waals surface area contributed by atoms with Crippen LogP contribution in [0.3, 0.4) is 0 Å². The van der Waals surface area contributed by atoms with Crippen LogP contribution in [0.2, 0.25) is 5.02 Å². The van der Waals surface area contributed by atoms with E-state index in [-0.39, 0.29) is 0 Å². The second-order valence-corrected chi connectivity index (χ2v) is 5.83. The van der Waals surface area contributed by atoms with Crippen LogP contribution in [0.1, 0.15) is 5.56 Å². The largest absolute Gasteiger partial charge is 0.396 e. The third-order valence-electron chi connectivity index (χ3n) is 3.99. The summed E-state index contributed by atoms with van der Waals surface area (Å²) in [5.74, 6) is 0. The van der Waals surface area contributed by atoms with E-state index in [1.165, 1.54) is 5.56 Å². The van der Waals surface area contributed by atoms with E-state index in [0.29, 0.717) is 10.7 Å². The highest BCUT2D eigenvalue weighted by molar-refractivity contribution is 6.33. The van der Waals surface area contributed by atoms with Crippen LogP contribution in [0.5, 0.6) is 0 Å². The Kier molecular flexibility index (Phi) is 4.32. The van der Waals surface area contributed by atoms with Crippen LogP contribution in [0.4, 0.5) is 11.4 Å². The SMILES string of the molecule is Nc1c(Cl)cccc1N1CCN(Cc2ccccc2)CC1. The van der Waals surface area contributed by atoms with Crippen LogP contribution in [0, 0.1) is 0 Å². The number of piperazine rings is 1. The average molecular weight is 302 g/mol. The van der Waals surface area contributed by atoms with Gasteiger partial charge in [-0.25, -0.2) is 0 Å². The van der Waals surface area contributed by atoms with Crippen LogP contribution < -0.4 is 10.6 Å². The molecule has 2 aromatic rings. The number of nitrogens with zero attached hydrogens (tertiary/aromatic N) is 2. The lowest BCUT2D eigenvalue weighted by atomic mass is 10.2. The maximum absolute atomic E-state index is 6.11. The van der Waals surface area contributed by atoms with Gasteiger partial charge in [-0.2, -0.15) is 0 Å². The first kappa shape index (κ1) is 14.2. The number of benzene rings is 2. The molecule has 3 nitrogen and oxygen atoms in total. The molecule has 0 aromatic heterocycles. The maximum Gasteiger partial charge on any atom is 0.0741 e. The summed E-state index contributed by atoms with van der Waals surface area (Å²) in [6, 6.07) is 16.5. The van der Waals surface area contributed by atoms with Gasteiger partial charge in [0.1, 0.15) is 0 Å². The topological polar surface area (TPSA) is 32.5 Å². The molecule has 4 heteroatoms. The van der Waals surface area contributed by atoms with Crippen molar-refractivity contribution in [1.29, 1.82) is 0 Å². The monoisotopic (exact) mass is 301 g/mol. The molecule has 1 heterocycles. The molecule has 0 atom stereocenters. The maximum atomic E-state index is 6.11. The Morgan fingerprint density at radius 1 is 0.905 bits per heavy atom. The summed E-state index contributed by atoms with van der Waals surface area (Å²) in [6.07, 6.45) is 0. The molecule has 1 aliphatic rings. The van der Waals surface area contributed by atoms with Crippen molar-refractivity contribution in [3.05, 3.63) is 59.1 Å². The standard InChI is InChI=1S/C17H20ClN3/c18-15-7-4-8-16(17(15)19)21-11-9-20(10-12-21)13-14-5-2-1-3-6-14/h1-8H,9-13,19H2. The third-order valence-corrected chi connectivity index (χ3v) is 4.32. The minimum absolute atomic E-state index is 0.638. The molecule has 0 spiro atoms. The minimum atomic E-state index is 0.638. The van der Waals surface area contributed by atoms with E-state index in [1.54, 1.807) is 0 Å². The molecule has 0 radical (unpaired) electrons. The Bertz CT molecular complexity index is 592. The van der Waals surface area contributed by atoms with Gasteiger partial charge in [-0.3, -0.25) is 4.90 Å². The Morgan fingerprint density at radius 3 is 2.33 bits per heavy atom. The van der Waals surface area contributed by atoms with Gasteiger partial charge in [0.2, 0.25) is 0 Å². The Balaban J connectivity index is 1.61. The van der Waals surface area contributed by atoms with Crippen molar-refractivity contribution in [2.45, 2.75) is 6.54 Å². The van der Waals surface area contributed by atoms with Crippen molar-refractivity contribution in [3.8, 4) is 0 Å². The van der Waals surface area contributed by atoms with Gasteiger partial charge in [0.15, 0.2) is 0 Å². The first-order chi connectivity index (χ1) is 10.2. The summed E-state index contributed by atoms with van der Waals surface area (Å²) >= 11 is 6.11. The van der Waals surface area contributed by atoms with Crippen LogP contribution in [-0.4, -0.2) is 31.1 Å². The highest BCUT2D eigenvalue weighted by Crippen LogP contribution is 2.30. The van der Waals surface area contributed by atoms with Crippen molar-refractivity contribution in [2.24, 2.45) is 0 Å². The summed E-state index contributed by atoms with van der Waals surface area (Å²) in [6.45, 7) is 5.07. The second kappa shape index (κ2) is 6.37. The Labute approximate surface area is 130 Å². The van der Waals surface area contributed by atoms with E-state index in [1.807, 2.05) is 18.2 Å². The molecule has 0 unspecified atom stereocenters. The molecular formula is C17H20ClN3. The third kappa shape index (κ3) is 3.31. The summed E-state index contributed by atoms with van der Waals surface area (Å²) in [7, 11) is 0. The minimum Gasteiger partial charge on any atom is -0.396 e. The number of hydrogen-bond donors (Lipinski definition) is 1. The number of hydrogen-bond acceptors (Lipinski definition) is 3. The molecular weight excluding hydrogens is 282 g/mol. The van der Waals surface area contributed by atoms with Gasteiger partial charge in [-0.15, -0.1) is 0 Å². The number of halogens is 1. The summed E-state index contributed by atoms with van der Waals surface area (Å²) < 4.78 is 0. The number of nitrogens with two attached hydrogens (primary N) is 1. The van der Waals surface area contributed by atoms with Crippen molar-refractivity contribution in [1.82, 2.24) is 4.90 Å². The highest BCUT2D eigenvalue weighted by atomic mass is 35.5. The number of anilines is 2. The molecule has 2 aromatic carbocycles. The molecule has 110 valence electrons. The zero-order valence-electron chi connectivity index (χ0n) is 12.0. The van der Waals surface area contributed by atoms with E-state index < -0.39 is 0 Å². The molecule has 1 fully saturated rings. The number of rotatable bonds is 3. The van der Waals surface area contributed by atoms with Gasteiger partial charge in [-0.05, 0) is 17.7 Å². The Hall–Kier alpha value is -1.71. The lowest BCUT2D eigenvalue weighted by molar-refractivity contribution is 0.250. The fourth-order valence-corrected chi connectivity index (χ4v) is 2.96. The predicted octanol–water partition coefficient (Wildman–Crippen LogP) is 3.24. The van der Waals surface area contributed by atoms with Crippen molar-refractivity contribution in [3.63, 3.8) is 0 Å². The molecule has 0 bridgehead atoms. The van der Waals surface area contributed by atoms with E-state index in [2.05, 4.69) is 40.1 Å². The van der Waals surface area contributed by atoms with Gasteiger partial charge >= 0.3 is 0 Å². The first-order valence-electron chi connectivity index (χ1n) is 7.29. The van der Waals surface area contributed by atoms with Gasteiger partial charge in [0, 0.05) is 32.7 Å². The van der Waals surface area contributed by atoms with E-state index in [4.69, 9.17) is 17.3 Å². The fourth-order valence-electron chi connectivity index (χ4n) is 2.79. The average Bonchev–Trinajstić information content (AvgIpc) is 2.52. The molecule has 21 heavy (non-hydrogen) atoms. The van der Waals surface area contributed by atoms with E-state index in [9.17, 15) is 0 Å². The van der Waals surface area contributed by atoms with Gasteiger partial charge in [-0.1, -0.05) is 48.0 Å². The van der Waals surface area contributed by atoms with E-state index >= 15 is 0 Å². The molecule has 1 aliphatic heterocycles. The van der Waals surface area contributed by atoms with E-state index in [0.717, 1.165) is 38.4 Å². The molecule has 1 saturated heterocycles. The van der Waals surface area contributed by atoms with Gasteiger partial charge in [0.05, 0.1) is 16.4 Å².